The summed E-state index contributed by atoms with van der Waals surface area (Å²) >= 11 is 0. The molecule has 4 aromatic rings. The molecule has 0 aliphatic carbocycles. The molecule has 0 unspecified atom stereocenters. The molecular formula is C21H18. The van der Waals surface area contributed by atoms with E-state index in [2.05, 4.69) is 75.4 Å². The van der Waals surface area contributed by atoms with E-state index in [1.54, 1.807) is 0 Å². The Morgan fingerprint density at radius 2 is 1.38 bits per heavy atom. The van der Waals surface area contributed by atoms with Gasteiger partial charge in [0.05, 0.1) is 0 Å². The lowest BCUT2D eigenvalue weighted by Crippen LogP contribution is -1.88. The lowest BCUT2D eigenvalue weighted by molar-refractivity contribution is 1.43. The second kappa shape index (κ2) is 4.33. The first kappa shape index (κ1) is 12.4. The molecule has 0 atom stereocenters. The molecule has 4 aromatic carbocycles. The van der Waals surface area contributed by atoms with Crippen LogP contribution in [0, 0.1) is 20.8 Å². The minimum Gasteiger partial charge on any atom is -0.0616 e. The quantitative estimate of drug-likeness (QED) is 0.340. The normalized spacial score (nSPS) is 11.6. The minimum absolute atomic E-state index is 1.33. The molecule has 0 saturated heterocycles. The largest absolute Gasteiger partial charge is 0.0616 e. The first-order valence-corrected chi connectivity index (χ1v) is 7.47. The number of aryl methyl sites for hydroxylation is 3. The number of fused-ring (bicyclic) bond motifs is 5. The smallest absolute Gasteiger partial charge is 0.00215 e. The molecular weight excluding hydrogens is 252 g/mol. The van der Waals surface area contributed by atoms with Crippen LogP contribution in [-0.2, 0) is 0 Å². The van der Waals surface area contributed by atoms with Gasteiger partial charge in [-0.15, -0.1) is 0 Å². The van der Waals surface area contributed by atoms with Gasteiger partial charge in [-0.05, 0) is 64.2 Å². The van der Waals surface area contributed by atoms with Gasteiger partial charge in [-0.25, -0.2) is 0 Å². The van der Waals surface area contributed by atoms with Crippen molar-refractivity contribution in [2.75, 3.05) is 0 Å². The minimum atomic E-state index is 1.33. The predicted molar refractivity (Wildman–Crippen MR) is 93.2 cm³/mol. The summed E-state index contributed by atoms with van der Waals surface area (Å²) in [5.41, 5.74) is 4.05. The van der Waals surface area contributed by atoms with Crippen molar-refractivity contribution in [3.8, 4) is 0 Å². The van der Waals surface area contributed by atoms with E-state index in [1.165, 1.54) is 49.0 Å². The predicted octanol–water partition coefficient (Wildman–Crippen LogP) is 6.07. The van der Waals surface area contributed by atoms with Gasteiger partial charge < -0.3 is 0 Å². The summed E-state index contributed by atoms with van der Waals surface area (Å²) in [7, 11) is 0. The Hall–Kier alpha value is -2.34. The molecule has 0 N–H and O–H groups in total. The Kier molecular flexibility index (Phi) is 2.56. The molecule has 0 nitrogen and oxygen atoms in total. The van der Waals surface area contributed by atoms with Crippen LogP contribution in [0.3, 0.4) is 0 Å². The van der Waals surface area contributed by atoms with Crippen LogP contribution in [0.15, 0.2) is 54.6 Å². The van der Waals surface area contributed by atoms with E-state index < -0.39 is 0 Å². The molecule has 0 aliphatic rings. The molecule has 0 aromatic heterocycles. The maximum atomic E-state index is 2.30. The molecule has 4 rings (SSSR count). The topological polar surface area (TPSA) is 0 Å². The van der Waals surface area contributed by atoms with E-state index in [4.69, 9.17) is 0 Å². The number of benzene rings is 4. The van der Waals surface area contributed by atoms with Crippen LogP contribution in [0.4, 0.5) is 0 Å². The highest BCUT2D eigenvalue weighted by Gasteiger charge is 2.09. The van der Waals surface area contributed by atoms with E-state index in [9.17, 15) is 0 Å². The zero-order valence-corrected chi connectivity index (χ0v) is 12.7. The third-order valence-electron chi connectivity index (χ3n) is 4.49. The molecule has 0 amide bonds. The van der Waals surface area contributed by atoms with Gasteiger partial charge in [-0.3, -0.25) is 0 Å². The van der Waals surface area contributed by atoms with E-state index >= 15 is 0 Å². The molecule has 0 bridgehead atoms. The van der Waals surface area contributed by atoms with Crippen LogP contribution < -0.4 is 0 Å². The van der Waals surface area contributed by atoms with Crippen LogP contribution in [0.25, 0.3) is 32.3 Å². The number of rotatable bonds is 0. The fourth-order valence-electron chi connectivity index (χ4n) is 3.63. The van der Waals surface area contributed by atoms with Crippen LogP contribution >= 0.6 is 0 Å². The second-order valence-corrected chi connectivity index (χ2v) is 6.08. The highest BCUT2D eigenvalue weighted by molar-refractivity contribution is 6.22. The zero-order valence-electron chi connectivity index (χ0n) is 12.7. The molecule has 0 radical (unpaired) electrons. The highest BCUT2D eigenvalue weighted by Crippen LogP contribution is 2.36. The maximum absolute atomic E-state index is 2.30. The van der Waals surface area contributed by atoms with Crippen molar-refractivity contribution in [1.29, 1.82) is 0 Å². The summed E-state index contributed by atoms with van der Waals surface area (Å²) in [5, 5.41) is 8.20. The van der Waals surface area contributed by atoms with Gasteiger partial charge >= 0.3 is 0 Å². The third-order valence-corrected chi connectivity index (χ3v) is 4.49. The average molecular weight is 270 g/mol. The number of hydrogen-bond donors (Lipinski definition) is 0. The molecule has 0 spiro atoms. The summed E-state index contributed by atoms with van der Waals surface area (Å²) < 4.78 is 0. The fraction of sp³-hybridized carbons (Fsp3) is 0.143. The summed E-state index contributed by atoms with van der Waals surface area (Å²) in [6.07, 6.45) is 0. The van der Waals surface area contributed by atoms with E-state index in [0.29, 0.717) is 0 Å². The summed E-state index contributed by atoms with van der Waals surface area (Å²) in [5.74, 6) is 0. The molecule has 0 aliphatic heterocycles. The van der Waals surface area contributed by atoms with Crippen molar-refractivity contribution in [2.24, 2.45) is 0 Å². The second-order valence-electron chi connectivity index (χ2n) is 6.08. The molecule has 0 saturated carbocycles. The van der Waals surface area contributed by atoms with Crippen molar-refractivity contribution < 1.29 is 0 Å². The summed E-state index contributed by atoms with van der Waals surface area (Å²) in [4.78, 5) is 0. The Morgan fingerprint density at radius 1 is 0.571 bits per heavy atom. The molecule has 102 valence electrons. The van der Waals surface area contributed by atoms with Gasteiger partial charge in [-0.1, -0.05) is 60.2 Å². The van der Waals surface area contributed by atoms with Gasteiger partial charge in [0.1, 0.15) is 0 Å². The standard InChI is InChI=1S/C21H18/c1-13-10-15(3)20-17(11-13)8-9-18-14(2)12-16-6-4-5-7-19(16)21(18)20/h4-12H,1-3H3. The summed E-state index contributed by atoms with van der Waals surface area (Å²) in [6, 6.07) is 20.1. The molecule has 0 heteroatoms. The van der Waals surface area contributed by atoms with Crippen molar-refractivity contribution in [1.82, 2.24) is 0 Å². The van der Waals surface area contributed by atoms with Crippen LogP contribution in [0.2, 0.25) is 0 Å². The monoisotopic (exact) mass is 270 g/mol. The van der Waals surface area contributed by atoms with Crippen LogP contribution in [-0.4, -0.2) is 0 Å². The summed E-state index contributed by atoms with van der Waals surface area (Å²) in [6.45, 7) is 6.61. The molecule has 0 heterocycles. The van der Waals surface area contributed by atoms with Crippen LogP contribution in [0.1, 0.15) is 16.7 Å². The highest BCUT2D eigenvalue weighted by atomic mass is 14.1. The Bertz CT molecular complexity index is 1010. The van der Waals surface area contributed by atoms with Gasteiger partial charge in [0.25, 0.3) is 0 Å². The fourth-order valence-corrected chi connectivity index (χ4v) is 3.63. The Labute approximate surface area is 125 Å². The SMILES string of the molecule is Cc1cc(C)c2c(ccc3c(C)cc4ccccc4c32)c1. The zero-order chi connectivity index (χ0) is 14.6. The number of hydrogen-bond acceptors (Lipinski definition) is 0. The van der Waals surface area contributed by atoms with Crippen LogP contribution in [0.5, 0.6) is 0 Å². The van der Waals surface area contributed by atoms with E-state index in [1.807, 2.05) is 0 Å². The maximum Gasteiger partial charge on any atom is -0.00215 e. The first-order chi connectivity index (χ1) is 10.1. The molecule has 21 heavy (non-hydrogen) atoms. The Morgan fingerprint density at radius 3 is 2.24 bits per heavy atom. The van der Waals surface area contributed by atoms with Crippen molar-refractivity contribution in [3.05, 3.63) is 71.3 Å². The third kappa shape index (κ3) is 1.76. The lowest BCUT2D eigenvalue weighted by atomic mass is 9.91. The molecule has 0 fully saturated rings. The van der Waals surface area contributed by atoms with Gasteiger partial charge in [0.2, 0.25) is 0 Å². The van der Waals surface area contributed by atoms with Gasteiger partial charge in [0.15, 0.2) is 0 Å². The van der Waals surface area contributed by atoms with E-state index in [0.717, 1.165) is 0 Å². The Balaban J connectivity index is 2.39. The van der Waals surface area contributed by atoms with Gasteiger partial charge in [-0.2, -0.15) is 0 Å². The van der Waals surface area contributed by atoms with E-state index in [-0.39, 0.29) is 0 Å². The average Bonchev–Trinajstić information content (AvgIpc) is 2.46. The van der Waals surface area contributed by atoms with Crippen molar-refractivity contribution in [3.63, 3.8) is 0 Å². The van der Waals surface area contributed by atoms with Crippen molar-refractivity contribution >= 4 is 32.3 Å². The first-order valence-electron chi connectivity index (χ1n) is 7.47. The van der Waals surface area contributed by atoms with Gasteiger partial charge in [0, 0.05) is 0 Å². The van der Waals surface area contributed by atoms with Crippen molar-refractivity contribution in [2.45, 2.75) is 20.8 Å². The lowest BCUT2D eigenvalue weighted by Gasteiger charge is -2.13.